The van der Waals surface area contributed by atoms with Gasteiger partial charge in [-0.05, 0) is 74.3 Å². The van der Waals surface area contributed by atoms with E-state index in [1.165, 1.54) is 12.8 Å². The van der Waals surface area contributed by atoms with Crippen molar-refractivity contribution in [1.29, 1.82) is 0 Å². The maximum atomic E-state index is 10.8. The van der Waals surface area contributed by atoms with Gasteiger partial charge in [-0.1, -0.05) is 0 Å². The van der Waals surface area contributed by atoms with Crippen molar-refractivity contribution in [1.82, 2.24) is 0 Å². The van der Waals surface area contributed by atoms with Crippen LogP contribution in [0.1, 0.15) is 56.9 Å². The summed E-state index contributed by atoms with van der Waals surface area (Å²) in [5.41, 5.74) is 1.02. The predicted octanol–water partition coefficient (Wildman–Crippen LogP) is 3.30. The Kier molecular flexibility index (Phi) is 3.91. The van der Waals surface area contributed by atoms with Gasteiger partial charge in [0.1, 0.15) is 0 Å². The summed E-state index contributed by atoms with van der Waals surface area (Å²) >= 11 is 0. The van der Waals surface area contributed by atoms with Crippen LogP contribution in [0.25, 0.3) is 0 Å². The molecule has 0 aromatic carbocycles. The largest absolute Gasteiger partial charge is 0.472 e. The molecule has 1 heterocycles. The molecule has 0 aliphatic heterocycles. The minimum atomic E-state index is -0.539. The molecular formula is C17H26O3. The molecule has 0 atom stereocenters. The van der Waals surface area contributed by atoms with Crippen LogP contribution in [0.3, 0.4) is 0 Å². The Morgan fingerprint density at radius 1 is 1.10 bits per heavy atom. The van der Waals surface area contributed by atoms with Crippen molar-refractivity contribution in [3.05, 3.63) is 24.2 Å². The van der Waals surface area contributed by atoms with Crippen LogP contribution < -0.4 is 0 Å². The Morgan fingerprint density at radius 2 is 1.80 bits per heavy atom. The number of aliphatic hydroxyl groups excluding tert-OH is 1. The lowest BCUT2D eigenvalue weighted by atomic mass is 9.60. The molecule has 20 heavy (non-hydrogen) atoms. The average molecular weight is 278 g/mol. The van der Waals surface area contributed by atoms with Crippen LogP contribution in [-0.2, 0) is 6.42 Å². The number of rotatable bonds is 3. The minimum Gasteiger partial charge on any atom is -0.472 e. The lowest BCUT2D eigenvalue weighted by molar-refractivity contribution is -0.0498. The minimum absolute atomic E-state index is 0.348. The van der Waals surface area contributed by atoms with Crippen molar-refractivity contribution >= 4 is 0 Å². The van der Waals surface area contributed by atoms with E-state index in [0.29, 0.717) is 17.9 Å². The van der Waals surface area contributed by atoms with Gasteiger partial charge in [0.2, 0.25) is 0 Å². The first-order valence-corrected chi connectivity index (χ1v) is 7.98. The van der Waals surface area contributed by atoms with Gasteiger partial charge in [0.15, 0.2) is 0 Å². The van der Waals surface area contributed by atoms with Crippen molar-refractivity contribution in [3.8, 4) is 0 Å². The summed E-state index contributed by atoms with van der Waals surface area (Å²) in [6.45, 7) is 0.348. The molecule has 112 valence electrons. The first-order chi connectivity index (χ1) is 9.63. The van der Waals surface area contributed by atoms with E-state index in [-0.39, 0.29) is 0 Å². The van der Waals surface area contributed by atoms with E-state index in [4.69, 9.17) is 4.42 Å². The third-order valence-electron chi connectivity index (χ3n) is 5.78. The zero-order valence-corrected chi connectivity index (χ0v) is 12.2. The Hall–Kier alpha value is -0.800. The van der Waals surface area contributed by atoms with Crippen LogP contribution in [0.15, 0.2) is 23.0 Å². The zero-order valence-electron chi connectivity index (χ0n) is 12.2. The summed E-state index contributed by atoms with van der Waals surface area (Å²) in [6.07, 6.45) is 13.0. The highest BCUT2D eigenvalue weighted by Crippen LogP contribution is 2.51. The molecule has 3 heteroatoms. The van der Waals surface area contributed by atoms with Crippen molar-refractivity contribution in [3.63, 3.8) is 0 Å². The number of hydrogen-bond acceptors (Lipinski definition) is 3. The van der Waals surface area contributed by atoms with E-state index in [0.717, 1.165) is 50.5 Å². The normalized spacial score (nSPS) is 38.2. The van der Waals surface area contributed by atoms with E-state index in [9.17, 15) is 10.2 Å². The summed E-state index contributed by atoms with van der Waals surface area (Å²) in [5, 5.41) is 20.0. The summed E-state index contributed by atoms with van der Waals surface area (Å²) in [5.74, 6) is 0.521. The van der Waals surface area contributed by atoms with Gasteiger partial charge in [0.05, 0.1) is 18.1 Å². The first-order valence-electron chi connectivity index (χ1n) is 7.98. The van der Waals surface area contributed by atoms with Crippen LogP contribution >= 0.6 is 0 Å². The second-order valence-electron chi connectivity index (χ2n) is 7.16. The third kappa shape index (κ3) is 2.94. The van der Waals surface area contributed by atoms with E-state index >= 15 is 0 Å². The second-order valence-corrected chi connectivity index (χ2v) is 7.16. The van der Waals surface area contributed by atoms with E-state index in [1.807, 2.05) is 6.07 Å². The van der Waals surface area contributed by atoms with Crippen LogP contribution in [-0.4, -0.2) is 22.4 Å². The molecule has 2 aliphatic carbocycles. The molecule has 2 aliphatic rings. The molecular weight excluding hydrogens is 252 g/mol. The van der Waals surface area contributed by atoms with E-state index in [2.05, 4.69) is 0 Å². The fourth-order valence-electron chi connectivity index (χ4n) is 4.17. The van der Waals surface area contributed by atoms with Gasteiger partial charge in [0, 0.05) is 13.0 Å². The number of hydrogen-bond donors (Lipinski definition) is 2. The standard InChI is InChI=1S/C17H26O3/c18-12-14-1-4-16(5-2-14)6-8-17(19,9-7-16)11-15-3-10-20-13-15/h3,10,13-14,18-19H,1-2,4-9,11-12H2. The molecule has 0 amide bonds. The van der Waals surface area contributed by atoms with Gasteiger partial charge >= 0.3 is 0 Å². The van der Waals surface area contributed by atoms with Crippen LogP contribution in [0, 0.1) is 11.3 Å². The van der Waals surface area contributed by atoms with Crippen molar-refractivity contribution in [2.24, 2.45) is 11.3 Å². The molecule has 0 unspecified atom stereocenters. The van der Waals surface area contributed by atoms with Gasteiger partial charge < -0.3 is 14.6 Å². The molecule has 1 aromatic heterocycles. The van der Waals surface area contributed by atoms with Crippen LogP contribution in [0.2, 0.25) is 0 Å². The monoisotopic (exact) mass is 278 g/mol. The Labute approximate surface area is 121 Å². The van der Waals surface area contributed by atoms with Crippen molar-refractivity contribution in [2.75, 3.05) is 6.61 Å². The molecule has 2 fully saturated rings. The van der Waals surface area contributed by atoms with Gasteiger partial charge in [-0.15, -0.1) is 0 Å². The number of aliphatic hydroxyl groups is 2. The van der Waals surface area contributed by atoms with Crippen molar-refractivity contribution in [2.45, 2.75) is 63.4 Å². The maximum Gasteiger partial charge on any atom is 0.0935 e. The fourth-order valence-corrected chi connectivity index (χ4v) is 4.17. The Balaban J connectivity index is 1.56. The van der Waals surface area contributed by atoms with Gasteiger partial charge in [0.25, 0.3) is 0 Å². The Morgan fingerprint density at radius 3 is 2.35 bits per heavy atom. The van der Waals surface area contributed by atoms with Gasteiger partial charge in [-0.3, -0.25) is 0 Å². The topological polar surface area (TPSA) is 53.6 Å². The van der Waals surface area contributed by atoms with Crippen molar-refractivity contribution < 1.29 is 14.6 Å². The average Bonchev–Trinajstić information content (AvgIpc) is 2.96. The molecule has 3 rings (SSSR count). The summed E-state index contributed by atoms with van der Waals surface area (Å²) in [6, 6.07) is 1.95. The molecule has 2 N–H and O–H groups in total. The lowest BCUT2D eigenvalue weighted by Crippen LogP contribution is -2.42. The van der Waals surface area contributed by atoms with Crippen LogP contribution in [0.5, 0.6) is 0 Å². The molecule has 0 radical (unpaired) electrons. The molecule has 3 nitrogen and oxygen atoms in total. The van der Waals surface area contributed by atoms with Crippen LogP contribution in [0.4, 0.5) is 0 Å². The van der Waals surface area contributed by atoms with E-state index < -0.39 is 5.60 Å². The highest BCUT2D eigenvalue weighted by atomic mass is 16.3. The molecule has 0 saturated heterocycles. The summed E-state index contributed by atoms with van der Waals surface area (Å²) < 4.78 is 5.10. The zero-order chi connectivity index (χ0) is 14.1. The SMILES string of the molecule is OCC1CCC2(CC1)CCC(O)(Cc1ccoc1)CC2. The highest BCUT2D eigenvalue weighted by molar-refractivity contribution is 5.11. The number of furan rings is 1. The van der Waals surface area contributed by atoms with E-state index in [1.54, 1.807) is 12.5 Å². The summed E-state index contributed by atoms with van der Waals surface area (Å²) in [7, 11) is 0. The van der Waals surface area contributed by atoms with Gasteiger partial charge in [-0.25, -0.2) is 0 Å². The fraction of sp³-hybridized carbons (Fsp3) is 0.765. The van der Waals surface area contributed by atoms with Gasteiger partial charge in [-0.2, -0.15) is 0 Å². The smallest absolute Gasteiger partial charge is 0.0935 e. The highest BCUT2D eigenvalue weighted by Gasteiger charge is 2.43. The first kappa shape index (κ1) is 14.2. The molecule has 1 aromatic rings. The Bertz CT molecular complexity index is 405. The quantitative estimate of drug-likeness (QED) is 0.892. The third-order valence-corrected chi connectivity index (χ3v) is 5.78. The molecule has 2 saturated carbocycles. The summed E-state index contributed by atoms with van der Waals surface area (Å²) in [4.78, 5) is 0. The maximum absolute atomic E-state index is 10.8. The lowest BCUT2D eigenvalue weighted by Gasteiger charge is -2.47. The molecule has 0 bridgehead atoms. The second kappa shape index (κ2) is 5.53. The molecule has 1 spiro atoms. The predicted molar refractivity (Wildman–Crippen MR) is 77.3 cm³/mol.